The quantitative estimate of drug-likeness (QED) is 0.746. The number of aliphatic hydroxyl groups excluding tert-OH is 3. The van der Waals surface area contributed by atoms with Crippen LogP contribution in [0.15, 0.2) is 36.4 Å². The number of aryl methyl sites for hydroxylation is 1. The Morgan fingerprint density at radius 2 is 1.96 bits per heavy atom. The van der Waals surface area contributed by atoms with Gasteiger partial charge in [-0.05, 0) is 18.6 Å². The molecule has 0 fully saturated rings. The Balaban J connectivity index is 2.10. The Hall–Kier alpha value is -1.95. The maximum Gasteiger partial charge on any atom is 0.219 e. The van der Waals surface area contributed by atoms with E-state index in [1.54, 1.807) is 12.2 Å². The molecule has 5 nitrogen and oxygen atoms in total. The summed E-state index contributed by atoms with van der Waals surface area (Å²) < 4.78 is 5.39. The van der Waals surface area contributed by atoms with Gasteiger partial charge in [0.2, 0.25) is 5.88 Å². The molecule has 1 aromatic carbocycles. The predicted molar refractivity (Wildman–Crippen MR) is 96.4 cm³/mol. The van der Waals surface area contributed by atoms with E-state index < -0.39 is 29.6 Å². The third-order valence-corrected chi connectivity index (χ3v) is 5.16. The number of ether oxygens (including phenoxy) is 1. The average molecular weight is 343 g/mol. The van der Waals surface area contributed by atoms with E-state index in [0.717, 1.165) is 16.5 Å². The first-order valence-electron chi connectivity index (χ1n) is 8.44. The minimum atomic E-state index is -1.11. The standard InChI is InChI=1S/C20H25NO4/c1-11-6-5-7-12-10-13(19(25-4)21-16(11)12)17(23)15-14(22)8-9-20(2,3)18(15)24/h5-10,14-15,17-18,22-24H,1-4H3/t14-,15+,17-,18+/m1/s1. The van der Waals surface area contributed by atoms with Crippen LogP contribution in [-0.4, -0.2) is 39.6 Å². The van der Waals surface area contributed by atoms with E-state index in [9.17, 15) is 15.3 Å². The molecule has 1 heterocycles. The number of aromatic nitrogens is 1. The van der Waals surface area contributed by atoms with Crippen LogP contribution in [0.2, 0.25) is 0 Å². The van der Waals surface area contributed by atoms with Gasteiger partial charge in [-0.1, -0.05) is 44.2 Å². The third kappa shape index (κ3) is 3.03. The SMILES string of the molecule is COc1nc2c(C)cccc2cc1[C@@H](O)[C@@H]1[C@H](O)C=CC(C)(C)[C@H]1O. The molecule has 0 saturated heterocycles. The molecule has 0 aliphatic heterocycles. The van der Waals surface area contributed by atoms with Crippen molar-refractivity contribution in [3.63, 3.8) is 0 Å². The Morgan fingerprint density at radius 1 is 1.24 bits per heavy atom. The van der Waals surface area contributed by atoms with Crippen molar-refractivity contribution < 1.29 is 20.1 Å². The van der Waals surface area contributed by atoms with Crippen LogP contribution >= 0.6 is 0 Å². The molecule has 3 N–H and O–H groups in total. The highest BCUT2D eigenvalue weighted by atomic mass is 16.5. The zero-order chi connectivity index (χ0) is 18.4. The smallest absolute Gasteiger partial charge is 0.219 e. The van der Waals surface area contributed by atoms with Gasteiger partial charge in [-0.2, -0.15) is 0 Å². The summed E-state index contributed by atoms with van der Waals surface area (Å²) in [5.74, 6) is -0.459. The Morgan fingerprint density at radius 3 is 2.64 bits per heavy atom. The predicted octanol–water partition coefficient (Wildman–Crippen LogP) is 2.52. The highest BCUT2D eigenvalue weighted by Crippen LogP contribution is 2.42. The van der Waals surface area contributed by atoms with Gasteiger partial charge < -0.3 is 20.1 Å². The minimum Gasteiger partial charge on any atom is -0.481 e. The largest absolute Gasteiger partial charge is 0.481 e. The Kier molecular flexibility index (Phi) is 4.58. The molecule has 0 bridgehead atoms. The van der Waals surface area contributed by atoms with Crippen molar-refractivity contribution >= 4 is 10.9 Å². The molecule has 0 spiro atoms. The summed E-state index contributed by atoms with van der Waals surface area (Å²) in [5, 5.41) is 32.9. The van der Waals surface area contributed by atoms with Crippen molar-refractivity contribution in [3.05, 3.63) is 47.5 Å². The van der Waals surface area contributed by atoms with Gasteiger partial charge in [0.1, 0.15) is 0 Å². The molecule has 134 valence electrons. The minimum absolute atomic E-state index is 0.307. The molecule has 0 radical (unpaired) electrons. The first-order valence-corrected chi connectivity index (χ1v) is 8.44. The number of aliphatic hydroxyl groups is 3. The second kappa shape index (κ2) is 6.41. The van der Waals surface area contributed by atoms with Gasteiger partial charge in [0.05, 0.1) is 30.9 Å². The monoisotopic (exact) mass is 343 g/mol. The molecular weight excluding hydrogens is 318 g/mol. The second-order valence-electron chi connectivity index (χ2n) is 7.37. The number of hydrogen-bond donors (Lipinski definition) is 3. The lowest BCUT2D eigenvalue weighted by Gasteiger charge is -2.41. The zero-order valence-corrected chi connectivity index (χ0v) is 15.0. The molecule has 2 aromatic rings. The maximum absolute atomic E-state index is 11.0. The van der Waals surface area contributed by atoms with E-state index in [2.05, 4.69) is 4.98 Å². The maximum atomic E-state index is 11.0. The van der Waals surface area contributed by atoms with Crippen molar-refractivity contribution in [2.24, 2.45) is 11.3 Å². The molecule has 0 amide bonds. The second-order valence-corrected chi connectivity index (χ2v) is 7.37. The lowest BCUT2D eigenvalue weighted by Crippen LogP contribution is -2.46. The van der Waals surface area contributed by atoms with E-state index in [4.69, 9.17) is 4.74 Å². The zero-order valence-electron chi connectivity index (χ0n) is 15.0. The number of fused-ring (bicyclic) bond motifs is 1. The normalized spacial score (nSPS) is 26.6. The van der Waals surface area contributed by atoms with Crippen molar-refractivity contribution in [2.75, 3.05) is 7.11 Å². The molecule has 5 heteroatoms. The molecular formula is C20H25NO4. The topological polar surface area (TPSA) is 82.8 Å². The summed E-state index contributed by atoms with van der Waals surface area (Å²) >= 11 is 0. The van der Waals surface area contributed by atoms with Gasteiger partial charge in [-0.15, -0.1) is 0 Å². The van der Waals surface area contributed by atoms with E-state index in [1.807, 2.05) is 45.0 Å². The van der Waals surface area contributed by atoms with Crippen molar-refractivity contribution in [1.29, 1.82) is 0 Å². The lowest BCUT2D eigenvalue weighted by atomic mass is 9.70. The number of nitrogens with zero attached hydrogens (tertiary/aromatic N) is 1. The number of rotatable bonds is 3. The first kappa shape index (κ1) is 17.9. The number of pyridine rings is 1. The van der Waals surface area contributed by atoms with E-state index in [1.165, 1.54) is 7.11 Å². The molecule has 1 aromatic heterocycles. The fourth-order valence-corrected chi connectivity index (χ4v) is 3.54. The summed E-state index contributed by atoms with van der Waals surface area (Å²) in [5.41, 5.74) is 1.74. The van der Waals surface area contributed by atoms with Crippen molar-refractivity contribution in [2.45, 2.75) is 39.1 Å². The van der Waals surface area contributed by atoms with E-state index in [0.29, 0.717) is 11.4 Å². The molecule has 3 rings (SSSR count). The highest BCUT2D eigenvalue weighted by molar-refractivity contribution is 5.83. The first-order chi connectivity index (χ1) is 11.8. The van der Waals surface area contributed by atoms with Crippen LogP contribution in [0.4, 0.5) is 0 Å². The van der Waals surface area contributed by atoms with Gasteiger partial charge in [0.15, 0.2) is 0 Å². The average Bonchev–Trinajstić information content (AvgIpc) is 2.58. The fraction of sp³-hybridized carbons (Fsp3) is 0.450. The van der Waals surface area contributed by atoms with Crippen LogP contribution in [0.5, 0.6) is 5.88 Å². The van der Waals surface area contributed by atoms with E-state index >= 15 is 0 Å². The number of hydrogen-bond acceptors (Lipinski definition) is 5. The van der Waals surface area contributed by atoms with Gasteiger partial charge in [-0.25, -0.2) is 4.98 Å². The molecule has 25 heavy (non-hydrogen) atoms. The summed E-state index contributed by atoms with van der Waals surface area (Å²) in [7, 11) is 1.50. The molecule has 0 unspecified atom stereocenters. The Bertz CT molecular complexity index is 815. The summed E-state index contributed by atoms with van der Waals surface area (Å²) in [4.78, 5) is 4.53. The summed E-state index contributed by atoms with van der Waals surface area (Å²) in [6.07, 6.45) is 0.453. The van der Waals surface area contributed by atoms with Gasteiger partial charge >= 0.3 is 0 Å². The number of para-hydroxylation sites is 1. The molecule has 1 aliphatic carbocycles. The molecule has 4 atom stereocenters. The van der Waals surface area contributed by atoms with Crippen LogP contribution in [0.25, 0.3) is 10.9 Å². The lowest BCUT2D eigenvalue weighted by molar-refractivity contribution is -0.0856. The van der Waals surface area contributed by atoms with Gasteiger partial charge in [0, 0.05) is 22.3 Å². The van der Waals surface area contributed by atoms with Crippen LogP contribution in [-0.2, 0) is 0 Å². The van der Waals surface area contributed by atoms with E-state index in [-0.39, 0.29) is 0 Å². The molecule has 0 saturated carbocycles. The van der Waals surface area contributed by atoms with Crippen LogP contribution in [0.3, 0.4) is 0 Å². The number of benzene rings is 1. The number of methoxy groups -OCH3 is 1. The van der Waals surface area contributed by atoms with Crippen LogP contribution < -0.4 is 4.74 Å². The van der Waals surface area contributed by atoms with Crippen LogP contribution in [0, 0.1) is 18.3 Å². The summed E-state index contributed by atoms with van der Waals surface area (Å²) in [6, 6.07) is 7.64. The highest BCUT2D eigenvalue weighted by Gasteiger charge is 2.44. The molecule has 1 aliphatic rings. The van der Waals surface area contributed by atoms with Gasteiger partial charge in [-0.3, -0.25) is 0 Å². The third-order valence-electron chi connectivity index (χ3n) is 5.16. The Labute approximate surface area is 147 Å². The fourth-order valence-electron chi connectivity index (χ4n) is 3.54. The summed E-state index contributed by atoms with van der Waals surface area (Å²) in [6.45, 7) is 5.71. The van der Waals surface area contributed by atoms with Crippen LogP contribution in [0.1, 0.15) is 31.1 Å². The van der Waals surface area contributed by atoms with Gasteiger partial charge in [0.25, 0.3) is 0 Å². The van der Waals surface area contributed by atoms with Crippen molar-refractivity contribution in [3.8, 4) is 5.88 Å². The van der Waals surface area contributed by atoms with Crippen molar-refractivity contribution in [1.82, 2.24) is 4.98 Å².